The van der Waals surface area contributed by atoms with E-state index < -0.39 is 26.5 Å². The van der Waals surface area contributed by atoms with E-state index >= 15 is 0 Å². The lowest BCUT2D eigenvalue weighted by molar-refractivity contribution is -0.870. The molecule has 2 unspecified atom stereocenters. The van der Waals surface area contributed by atoms with E-state index in [2.05, 4.69) is 13.8 Å². The monoisotopic (exact) mass is 1340 g/mol. The van der Waals surface area contributed by atoms with Crippen LogP contribution in [0.3, 0.4) is 0 Å². The summed E-state index contributed by atoms with van der Waals surface area (Å²) >= 11 is 0. The van der Waals surface area contributed by atoms with Gasteiger partial charge in [0.25, 0.3) is 7.82 Å². The van der Waals surface area contributed by atoms with Gasteiger partial charge in [0.15, 0.2) is 6.10 Å². The number of carbonyl (C=O) groups is 2. The number of rotatable bonds is 81. The first kappa shape index (κ1) is 92.0. The van der Waals surface area contributed by atoms with Gasteiger partial charge in [-0.05, 0) is 12.8 Å². The van der Waals surface area contributed by atoms with Crippen molar-refractivity contribution in [2.24, 2.45) is 0 Å². The van der Waals surface area contributed by atoms with Gasteiger partial charge in [-0.1, -0.05) is 444 Å². The van der Waals surface area contributed by atoms with E-state index in [9.17, 15) is 19.0 Å². The van der Waals surface area contributed by atoms with Gasteiger partial charge in [-0.25, -0.2) is 0 Å². The van der Waals surface area contributed by atoms with Gasteiger partial charge in [0.1, 0.15) is 19.8 Å². The molecule has 0 amide bonds. The highest BCUT2D eigenvalue weighted by Gasteiger charge is 2.22. The molecule has 0 rings (SSSR count). The fraction of sp³-hybridized carbons (Fsp3) is 0.976. The van der Waals surface area contributed by atoms with Crippen molar-refractivity contribution in [2.45, 2.75) is 476 Å². The van der Waals surface area contributed by atoms with E-state index in [1.165, 1.54) is 405 Å². The Bertz CT molecular complexity index is 1520. The number of quaternary nitrogens is 1. The number of ether oxygens (including phenoxy) is 2. The first-order valence-electron chi connectivity index (χ1n) is 42.2. The molecule has 0 aromatic rings. The standard InChI is InChI=1S/C83H166NO8P/c1-6-8-10-12-14-16-18-20-22-24-26-28-30-32-34-36-38-40-42-44-46-48-50-52-54-56-58-60-62-64-66-68-70-72-74-76-83(86)92-81(80-91-93(87,88)90-78-77-84(3,4)5)79-89-82(85)75-73-71-69-67-65-63-61-59-57-55-53-51-49-47-45-43-41-39-37-35-33-31-29-27-25-23-21-19-17-15-13-11-9-7-2/h81H,6-80H2,1-5H3. The number of likely N-dealkylation sites (N-methyl/N-ethyl adjacent to an activating group) is 1. The quantitative estimate of drug-likeness (QED) is 0.0256. The molecule has 0 aliphatic heterocycles. The lowest BCUT2D eigenvalue weighted by atomic mass is 10.0. The lowest BCUT2D eigenvalue weighted by Crippen LogP contribution is -2.37. The Balaban J connectivity index is 3.85. The van der Waals surface area contributed by atoms with Crippen LogP contribution in [-0.4, -0.2) is 70.0 Å². The highest BCUT2D eigenvalue weighted by Crippen LogP contribution is 2.38. The van der Waals surface area contributed by atoms with Gasteiger partial charge < -0.3 is 27.9 Å². The van der Waals surface area contributed by atoms with Crippen LogP contribution in [0.5, 0.6) is 0 Å². The van der Waals surface area contributed by atoms with E-state index in [1.807, 2.05) is 21.1 Å². The average Bonchev–Trinajstić information content (AvgIpc) is 2.44. The summed E-state index contributed by atoms with van der Waals surface area (Å²) in [5.74, 6) is -0.799. The van der Waals surface area contributed by atoms with Crippen molar-refractivity contribution in [3.63, 3.8) is 0 Å². The number of esters is 2. The third kappa shape index (κ3) is 79.9. The first-order chi connectivity index (χ1) is 45.5. The molecule has 0 heterocycles. The number of hydrogen-bond donors (Lipinski definition) is 0. The smallest absolute Gasteiger partial charge is 0.306 e. The summed E-state index contributed by atoms with van der Waals surface area (Å²) in [7, 11) is 1.20. The SMILES string of the molecule is CCCCCCCCCCCCCCCCCCCCCCCCCCCCCCCCCCCCCC(=O)OC(COC(=O)CCCCCCCCCCCCCCCCCCCCCCCCCCCCCCCCCCCC)COP(=O)([O-])OCC[N+](C)(C)C. The summed E-state index contributed by atoms with van der Waals surface area (Å²) in [4.78, 5) is 38.2. The molecule has 0 radical (unpaired) electrons. The molecule has 0 aromatic heterocycles. The maximum atomic E-state index is 12.9. The lowest BCUT2D eigenvalue weighted by Gasteiger charge is -2.28. The second-order valence-corrected chi connectivity index (χ2v) is 32.0. The van der Waals surface area contributed by atoms with Gasteiger partial charge in [-0.15, -0.1) is 0 Å². The summed E-state index contributed by atoms with van der Waals surface area (Å²) in [6.07, 6.45) is 94.0. The van der Waals surface area contributed by atoms with Crippen LogP contribution in [0, 0.1) is 0 Å². The molecule has 0 bridgehead atoms. The predicted molar refractivity (Wildman–Crippen MR) is 402 cm³/mol. The molecule has 0 fully saturated rings. The summed E-state index contributed by atoms with van der Waals surface area (Å²) < 4.78 is 34.5. The molecule has 0 saturated heterocycles. The van der Waals surface area contributed by atoms with Gasteiger partial charge >= 0.3 is 11.9 Å². The number of nitrogens with zero attached hydrogens (tertiary/aromatic N) is 1. The fourth-order valence-corrected chi connectivity index (χ4v) is 14.2. The summed E-state index contributed by atoms with van der Waals surface area (Å²) in [5, 5.41) is 0. The zero-order valence-corrected chi connectivity index (χ0v) is 64.7. The Hall–Kier alpha value is -0.990. The van der Waals surface area contributed by atoms with Crippen molar-refractivity contribution in [2.75, 3.05) is 47.5 Å². The zero-order chi connectivity index (χ0) is 67.6. The second-order valence-electron chi connectivity index (χ2n) is 30.6. The Morgan fingerprint density at radius 2 is 0.484 bits per heavy atom. The largest absolute Gasteiger partial charge is 0.756 e. The normalized spacial score (nSPS) is 12.9. The van der Waals surface area contributed by atoms with Gasteiger partial charge in [0.2, 0.25) is 0 Å². The minimum atomic E-state index is -4.64. The molecule has 93 heavy (non-hydrogen) atoms. The van der Waals surface area contributed by atoms with Gasteiger partial charge in [-0.2, -0.15) is 0 Å². The summed E-state index contributed by atoms with van der Waals surface area (Å²) in [6, 6.07) is 0. The van der Waals surface area contributed by atoms with E-state index in [-0.39, 0.29) is 32.0 Å². The molecule has 10 heteroatoms. The molecule has 2 atom stereocenters. The number of phosphoric ester groups is 1. The maximum Gasteiger partial charge on any atom is 0.306 e. The van der Waals surface area contributed by atoms with Crippen LogP contribution in [-0.2, 0) is 32.7 Å². The van der Waals surface area contributed by atoms with Crippen LogP contribution in [0.25, 0.3) is 0 Å². The fourth-order valence-electron chi connectivity index (χ4n) is 13.4. The van der Waals surface area contributed by atoms with Crippen LogP contribution >= 0.6 is 7.82 Å². The number of unbranched alkanes of at least 4 members (excludes halogenated alkanes) is 67. The van der Waals surface area contributed by atoms with Crippen molar-refractivity contribution in [1.82, 2.24) is 0 Å². The average molecular weight is 1340 g/mol. The van der Waals surface area contributed by atoms with Crippen molar-refractivity contribution < 1.29 is 42.1 Å². The molecule has 0 spiro atoms. The molecule has 0 N–H and O–H groups in total. The highest BCUT2D eigenvalue weighted by molar-refractivity contribution is 7.45. The van der Waals surface area contributed by atoms with E-state index in [4.69, 9.17) is 18.5 Å². The topological polar surface area (TPSA) is 111 Å². The Morgan fingerprint density at radius 1 is 0.290 bits per heavy atom. The second kappa shape index (κ2) is 75.2. The molecule has 0 aromatic carbocycles. The van der Waals surface area contributed by atoms with Crippen LogP contribution in [0.4, 0.5) is 0 Å². The van der Waals surface area contributed by atoms with Crippen molar-refractivity contribution in [1.29, 1.82) is 0 Å². The summed E-state index contributed by atoms with van der Waals surface area (Å²) in [5.41, 5.74) is 0. The predicted octanol–water partition coefficient (Wildman–Crippen LogP) is 27.4. The minimum absolute atomic E-state index is 0.0246. The molecular formula is C83H166NO8P. The number of phosphoric acid groups is 1. The summed E-state index contributed by atoms with van der Waals surface area (Å²) in [6.45, 7) is 4.36. The van der Waals surface area contributed by atoms with Gasteiger partial charge in [-0.3, -0.25) is 14.2 Å². The van der Waals surface area contributed by atoms with E-state index in [0.717, 1.165) is 32.1 Å². The van der Waals surface area contributed by atoms with E-state index in [0.29, 0.717) is 17.4 Å². The van der Waals surface area contributed by atoms with Crippen LogP contribution in [0.1, 0.15) is 470 Å². The Kier molecular flexibility index (Phi) is 74.4. The van der Waals surface area contributed by atoms with Gasteiger partial charge in [0, 0.05) is 12.8 Å². The molecule has 556 valence electrons. The Labute approximate surface area is 582 Å². The molecule has 9 nitrogen and oxygen atoms in total. The van der Waals surface area contributed by atoms with Crippen LogP contribution in [0.15, 0.2) is 0 Å². The molecular weight excluding hydrogens is 1170 g/mol. The van der Waals surface area contributed by atoms with E-state index in [1.54, 1.807) is 0 Å². The Morgan fingerprint density at radius 3 is 0.688 bits per heavy atom. The third-order valence-electron chi connectivity index (χ3n) is 19.9. The van der Waals surface area contributed by atoms with Crippen molar-refractivity contribution in [3.8, 4) is 0 Å². The van der Waals surface area contributed by atoms with Crippen molar-refractivity contribution >= 4 is 19.8 Å². The number of carbonyl (C=O) groups excluding carboxylic acids is 2. The van der Waals surface area contributed by atoms with Gasteiger partial charge in [0.05, 0.1) is 27.7 Å². The maximum absolute atomic E-state index is 12.9. The number of hydrogen-bond acceptors (Lipinski definition) is 8. The molecule has 0 aliphatic rings. The van der Waals surface area contributed by atoms with Crippen molar-refractivity contribution in [3.05, 3.63) is 0 Å². The zero-order valence-electron chi connectivity index (χ0n) is 63.8. The van der Waals surface area contributed by atoms with Crippen LogP contribution in [0.2, 0.25) is 0 Å². The highest BCUT2D eigenvalue weighted by atomic mass is 31.2. The molecule has 0 saturated carbocycles. The minimum Gasteiger partial charge on any atom is -0.756 e. The molecule has 0 aliphatic carbocycles. The first-order valence-corrected chi connectivity index (χ1v) is 43.7. The third-order valence-corrected chi connectivity index (χ3v) is 20.8. The van der Waals surface area contributed by atoms with Crippen LogP contribution < -0.4 is 4.89 Å².